The van der Waals surface area contributed by atoms with Gasteiger partial charge in [-0.1, -0.05) is 23.2 Å². The lowest BCUT2D eigenvalue weighted by Crippen LogP contribution is -2.36. The van der Waals surface area contributed by atoms with E-state index in [1.807, 2.05) is 12.1 Å². The molecule has 1 aromatic carbocycles. The van der Waals surface area contributed by atoms with Crippen molar-refractivity contribution >= 4 is 16.8 Å². The van der Waals surface area contributed by atoms with Crippen LogP contribution in [0.3, 0.4) is 0 Å². The van der Waals surface area contributed by atoms with Crippen LogP contribution in [0.25, 0.3) is 0 Å². The Hall–Kier alpha value is -0.870. The quantitative estimate of drug-likeness (QED) is 0.724. The van der Waals surface area contributed by atoms with Crippen LogP contribution in [-0.4, -0.2) is 27.6 Å². The smallest absolute Gasteiger partial charge is 0.0368 e. The molecule has 0 spiro atoms. The lowest BCUT2D eigenvalue weighted by atomic mass is 10.1. The van der Waals surface area contributed by atoms with E-state index >= 15 is 0 Å². The van der Waals surface area contributed by atoms with Crippen molar-refractivity contribution in [1.29, 1.82) is 0 Å². The van der Waals surface area contributed by atoms with Gasteiger partial charge in [-0.15, -0.1) is 0 Å². The molecule has 0 radical (unpaired) electrons. The molecule has 2 rings (SSSR count). The van der Waals surface area contributed by atoms with Crippen molar-refractivity contribution in [2.75, 3.05) is 23.7 Å². The summed E-state index contributed by atoms with van der Waals surface area (Å²) in [6.07, 6.45) is 1.87. The van der Waals surface area contributed by atoms with Gasteiger partial charge in [0.25, 0.3) is 0 Å². The maximum absolute atomic E-state index is 10.4. The summed E-state index contributed by atoms with van der Waals surface area (Å²) in [5.74, 6) is 0.212. The average molecular weight is 224 g/mol. The van der Waals surface area contributed by atoms with Crippen LogP contribution in [0.4, 0.5) is 5.69 Å². The molecule has 3 nitrogen and oxygen atoms in total. The Morgan fingerprint density at radius 2 is 2.20 bits per heavy atom. The lowest BCUT2D eigenvalue weighted by Gasteiger charge is -2.33. The van der Waals surface area contributed by atoms with Gasteiger partial charge in [0, 0.05) is 24.5 Å². The molecule has 1 aliphatic rings. The van der Waals surface area contributed by atoms with E-state index in [0.717, 1.165) is 18.7 Å². The van der Waals surface area contributed by atoms with Crippen molar-refractivity contribution in [3.05, 3.63) is 29.8 Å². The zero-order valence-corrected chi connectivity index (χ0v) is 9.33. The first kappa shape index (κ1) is 10.6. The van der Waals surface area contributed by atoms with E-state index in [4.69, 9.17) is 0 Å². The summed E-state index contributed by atoms with van der Waals surface area (Å²) in [7, 11) is 0. The number of nitrogens with zero attached hydrogens (tertiary/aromatic N) is 1. The predicted octanol–water partition coefficient (Wildman–Crippen LogP) is 1.32. The zero-order chi connectivity index (χ0) is 10.7. The molecular weight excluding hydrogens is 210 g/mol. The molecule has 0 saturated carbocycles. The minimum atomic E-state index is -1.93. The molecule has 1 fully saturated rings. The number of rotatable bonds is 4. The van der Waals surface area contributed by atoms with Crippen molar-refractivity contribution in [3.63, 3.8) is 0 Å². The van der Waals surface area contributed by atoms with Crippen LogP contribution in [0, 0.1) is 0 Å². The number of benzene rings is 1. The minimum Gasteiger partial charge on any atom is -0.772 e. The third-order valence-electron chi connectivity index (χ3n) is 2.69. The monoisotopic (exact) mass is 224 g/mol. The van der Waals surface area contributed by atoms with Crippen molar-refractivity contribution in [2.45, 2.75) is 12.8 Å². The van der Waals surface area contributed by atoms with E-state index in [1.165, 1.54) is 12.1 Å². The van der Waals surface area contributed by atoms with Gasteiger partial charge in [-0.25, -0.2) is 0 Å². The van der Waals surface area contributed by atoms with E-state index in [-0.39, 0.29) is 5.75 Å². The fourth-order valence-electron chi connectivity index (χ4n) is 1.68. The van der Waals surface area contributed by atoms with Gasteiger partial charge in [0.1, 0.15) is 0 Å². The maximum Gasteiger partial charge on any atom is 0.0368 e. The Kier molecular flexibility index (Phi) is 3.38. The maximum atomic E-state index is 10.4. The van der Waals surface area contributed by atoms with Crippen LogP contribution in [0.1, 0.15) is 12.0 Å². The average Bonchev–Trinajstić information content (AvgIpc) is 2.13. The van der Waals surface area contributed by atoms with E-state index < -0.39 is 11.1 Å². The Morgan fingerprint density at radius 1 is 1.40 bits per heavy atom. The summed E-state index contributed by atoms with van der Waals surface area (Å²) in [6, 6.07) is 8.15. The Morgan fingerprint density at radius 3 is 2.80 bits per heavy atom. The molecule has 0 N–H and O–H groups in total. The molecule has 1 aliphatic heterocycles. The lowest BCUT2D eigenvalue weighted by molar-refractivity contribution is 0.536. The van der Waals surface area contributed by atoms with E-state index in [0.29, 0.717) is 6.42 Å². The van der Waals surface area contributed by atoms with Gasteiger partial charge in [0.05, 0.1) is 0 Å². The Labute approximate surface area is 92.4 Å². The SMILES string of the molecule is O=S([O-])CCc1cccc(N2CCC2)c1. The molecule has 1 atom stereocenters. The van der Waals surface area contributed by atoms with Crippen LogP contribution in [-0.2, 0) is 17.5 Å². The van der Waals surface area contributed by atoms with Crippen LogP contribution < -0.4 is 4.90 Å². The van der Waals surface area contributed by atoms with Gasteiger partial charge in [-0.3, -0.25) is 4.21 Å². The molecule has 0 aromatic heterocycles. The fraction of sp³-hybridized carbons (Fsp3) is 0.455. The third kappa shape index (κ3) is 2.79. The second-order valence-electron chi connectivity index (χ2n) is 3.77. The van der Waals surface area contributed by atoms with E-state index in [9.17, 15) is 8.76 Å². The van der Waals surface area contributed by atoms with Gasteiger partial charge in [-0.2, -0.15) is 0 Å². The van der Waals surface area contributed by atoms with Gasteiger partial charge in [-0.05, 0) is 30.5 Å². The van der Waals surface area contributed by atoms with Gasteiger partial charge in [0.15, 0.2) is 0 Å². The number of hydrogen-bond acceptors (Lipinski definition) is 3. The Bertz CT molecular complexity index is 363. The first-order valence-electron chi connectivity index (χ1n) is 5.15. The fourth-order valence-corrected chi connectivity index (χ4v) is 2.09. The zero-order valence-electron chi connectivity index (χ0n) is 8.52. The molecule has 1 aromatic rings. The third-order valence-corrected chi connectivity index (χ3v) is 3.23. The highest BCUT2D eigenvalue weighted by Crippen LogP contribution is 2.21. The van der Waals surface area contributed by atoms with Crippen molar-refractivity contribution in [3.8, 4) is 0 Å². The van der Waals surface area contributed by atoms with E-state index in [1.54, 1.807) is 0 Å². The number of anilines is 1. The first-order valence-corrected chi connectivity index (χ1v) is 6.40. The first-order chi connectivity index (χ1) is 7.25. The molecular formula is C11H14NO2S-. The second kappa shape index (κ2) is 4.77. The highest BCUT2D eigenvalue weighted by atomic mass is 32.2. The summed E-state index contributed by atoms with van der Waals surface area (Å²) in [5, 5.41) is 0. The molecule has 15 heavy (non-hydrogen) atoms. The standard InChI is InChI=1S/C11H15NO2S/c13-15(14)8-5-10-3-1-4-11(9-10)12-6-2-7-12/h1,3-4,9H,2,5-8H2,(H,13,14)/p-1. The summed E-state index contributed by atoms with van der Waals surface area (Å²) in [4.78, 5) is 2.30. The molecule has 82 valence electrons. The Balaban J connectivity index is 2.01. The summed E-state index contributed by atoms with van der Waals surface area (Å²) in [6.45, 7) is 2.24. The van der Waals surface area contributed by atoms with Crippen LogP contribution >= 0.6 is 0 Å². The van der Waals surface area contributed by atoms with Crippen LogP contribution in [0.15, 0.2) is 24.3 Å². The largest absolute Gasteiger partial charge is 0.772 e. The predicted molar refractivity (Wildman–Crippen MR) is 60.8 cm³/mol. The van der Waals surface area contributed by atoms with Gasteiger partial charge < -0.3 is 9.45 Å². The van der Waals surface area contributed by atoms with Gasteiger partial charge >= 0.3 is 0 Å². The van der Waals surface area contributed by atoms with E-state index in [2.05, 4.69) is 17.0 Å². The molecule has 1 unspecified atom stereocenters. The molecule has 0 amide bonds. The van der Waals surface area contributed by atoms with Gasteiger partial charge in [0.2, 0.25) is 0 Å². The highest BCUT2D eigenvalue weighted by Gasteiger charge is 2.13. The second-order valence-corrected chi connectivity index (χ2v) is 4.78. The van der Waals surface area contributed by atoms with Crippen molar-refractivity contribution in [1.82, 2.24) is 0 Å². The van der Waals surface area contributed by atoms with Crippen molar-refractivity contribution in [2.24, 2.45) is 0 Å². The van der Waals surface area contributed by atoms with Crippen LogP contribution in [0.2, 0.25) is 0 Å². The molecule has 1 heterocycles. The minimum absolute atomic E-state index is 0.212. The highest BCUT2D eigenvalue weighted by molar-refractivity contribution is 7.79. The molecule has 1 saturated heterocycles. The number of aryl methyl sites for hydroxylation is 1. The molecule has 4 heteroatoms. The summed E-state index contributed by atoms with van der Waals surface area (Å²) >= 11 is -1.93. The molecule has 0 bridgehead atoms. The topological polar surface area (TPSA) is 43.4 Å². The van der Waals surface area contributed by atoms with Crippen molar-refractivity contribution < 1.29 is 8.76 Å². The van der Waals surface area contributed by atoms with Crippen LogP contribution in [0.5, 0.6) is 0 Å². The normalized spacial score (nSPS) is 17.3. The number of hydrogen-bond donors (Lipinski definition) is 0. The summed E-state index contributed by atoms with van der Waals surface area (Å²) < 4.78 is 20.9. The summed E-state index contributed by atoms with van der Waals surface area (Å²) in [5.41, 5.74) is 2.32. The molecule has 0 aliphatic carbocycles.